The van der Waals surface area contributed by atoms with Gasteiger partial charge in [0.05, 0.1) is 10.9 Å². The molecule has 2 amide bonds. The number of amides is 2. The minimum atomic E-state index is -3.65. The summed E-state index contributed by atoms with van der Waals surface area (Å²) in [7, 11) is -3.65. The summed E-state index contributed by atoms with van der Waals surface area (Å²) in [5, 5.41) is 5.65. The Morgan fingerprint density at radius 3 is 2.34 bits per heavy atom. The van der Waals surface area contributed by atoms with Crippen molar-refractivity contribution in [3.05, 3.63) is 59.2 Å². The van der Waals surface area contributed by atoms with E-state index >= 15 is 0 Å². The number of rotatable bonds is 9. The molecule has 3 N–H and O–H groups in total. The smallest absolute Gasteiger partial charge is 0.240 e. The van der Waals surface area contributed by atoms with Gasteiger partial charge in [0, 0.05) is 25.1 Å². The van der Waals surface area contributed by atoms with Crippen LogP contribution in [-0.4, -0.2) is 26.8 Å². The SMILES string of the molecule is CCC(=O)Nc1ccc(C(C)NC(=O)CCNS(=O)(=O)c2ccc3c(c2)CCCC3)cc1. The summed E-state index contributed by atoms with van der Waals surface area (Å²) in [4.78, 5) is 24.0. The van der Waals surface area contributed by atoms with Crippen molar-refractivity contribution in [3.8, 4) is 0 Å². The van der Waals surface area contributed by atoms with Crippen molar-refractivity contribution in [2.45, 2.75) is 63.3 Å². The molecule has 8 heteroatoms. The molecule has 1 aliphatic rings. The first kappa shape index (κ1) is 23.9. The van der Waals surface area contributed by atoms with Gasteiger partial charge in [0.25, 0.3) is 0 Å². The zero-order valence-corrected chi connectivity index (χ0v) is 19.4. The van der Waals surface area contributed by atoms with Crippen molar-refractivity contribution in [2.75, 3.05) is 11.9 Å². The van der Waals surface area contributed by atoms with Gasteiger partial charge >= 0.3 is 0 Å². The van der Waals surface area contributed by atoms with Gasteiger partial charge < -0.3 is 10.6 Å². The van der Waals surface area contributed by atoms with E-state index in [4.69, 9.17) is 0 Å². The van der Waals surface area contributed by atoms with Crippen LogP contribution in [0, 0.1) is 0 Å². The average Bonchev–Trinajstić information content (AvgIpc) is 2.78. The normalized spacial score (nSPS) is 14.3. The van der Waals surface area contributed by atoms with Gasteiger partial charge in [0.2, 0.25) is 21.8 Å². The highest BCUT2D eigenvalue weighted by Crippen LogP contribution is 2.24. The molecule has 0 bridgehead atoms. The molecule has 1 unspecified atom stereocenters. The molecule has 7 nitrogen and oxygen atoms in total. The molecule has 172 valence electrons. The summed E-state index contributed by atoms with van der Waals surface area (Å²) in [6.07, 6.45) is 4.58. The van der Waals surface area contributed by atoms with Crippen LogP contribution >= 0.6 is 0 Å². The minimum absolute atomic E-state index is 0.0277. The first-order valence-electron chi connectivity index (χ1n) is 11.1. The van der Waals surface area contributed by atoms with Crippen molar-refractivity contribution in [2.24, 2.45) is 0 Å². The first-order valence-corrected chi connectivity index (χ1v) is 12.6. The Balaban J connectivity index is 1.48. The zero-order valence-electron chi connectivity index (χ0n) is 18.6. The second-order valence-corrected chi connectivity index (χ2v) is 9.87. The third kappa shape index (κ3) is 6.40. The summed E-state index contributed by atoms with van der Waals surface area (Å²) >= 11 is 0. The van der Waals surface area contributed by atoms with E-state index in [1.807, 2.05) is 25.1 Å². The van der Waals surface area contributed by atoms with Gasteiger partial charge in [-0.25, -0.2) is 13.1 Å². The maximum Gasteiger partial charge on any atom is 0.240 e. The molecule has 0 spiro atoms. The monoisotopic (exact) mass is 457 g/mol. The van der Waals surface area contributed by atoms with Crippen molar-refractivity contribution in [1.82, 2.24) is 10.0 Å². The Bertz CT molecular complexity index is 1070. The number of hydrogen-bond donors (Lipinski definition) is 3. The summed E-state index contributed by atoms with van der Waals surface area (Å²) in [6.45, 7) is 3.67. The van der Waals surface area contributed by atoms with Crippen molar-refractivity contribution >= 4 is 27.5 Å². The van der Waals surface area contributed by atoms with Crippen LogP contribution in [0.2, 0.25) is 0 Å². The van der Waals surface area contributed by atoms with E-state index < -0.39 is 10.0 Å². The number of aryl methyl sites for hydroxylation is 2. The van der Waals surface area contributed by atoms with Crippen LogP contribution in [0.3, 0.4) is 0 Å². The van der Waals surface area contributed by atoms with Gasteiger partial charge in [-0.15, -0.1) is 0 Å². The van der Waals surface area contributed by atoms with Gasteiger partial charge in [-0.2, -0.15) is 0 Å². The van der Waals surface area contributed by atoms with Crippen LogP contribution in [0.5, 0.6) is 0 Å². The van der Waals surface area contributed by atoms with Gasteiger partial charge in [0.15, 0.2) is 0 Å². The molecule has 0 radical (unpaired) electrons. The van der Waals surface area contributed by atoms with Gasteiger partial charge in [-0.05, 0) is 73.6 Å². The topological polar surface area (TPSA) is 104 Å². The summed E-state index contributed by atoms with van der Waals surface area (Å²) in [5.74, 6) is -0.300. The Morgan fingerprint density at radius 1 is 0.969 bits per heavy atom. The van der Waals surface area contributed by atoms with Crippen LogP contribution in [0.4, 0.5) is 5.69 Å². The predicted molar refractivity (Wildman–Crippen MR) is 125 cm³/mol. The lowest BCUT2D eigenvalue weighted by molar-refractivity contribution is -0.121. The average molecular weight is 458 g/mol. The third-order valence-electron chi connectivity index (χ3n) is 5.67. The van der Waals surface area contributed by atoms with E-state index in [0.717, 1.165) is 36.8 Å². The van der Waals surface area contributed by atoms with Crippen LogP contribution in [0.1, 0.15) is 62.3 Å². The highest BCUT2D eigenvalue weighted by Gasteiger charge is 2.18. The fourth-order valence-electron chi connectivity index (χ4n) is 3.76. The quantitative estimate of drug-likeness (QED) is 0.536. The number of fused-ring (bicyclic) bond motifs is 1. The summed E-state index contributed by atoms with van der Waals surface area (Å²) in [5.41, 5.74) is 3.92. The number of benzene rings is 2. The summed E-state index contributed by atoms with van der Waals surface area (Å²) in [6, 6.07) is 12.3. The third-order valence-corrected chi connectivity index (χ3v) is 7.13. The van der Waals surface area contributed by atoms with E-state index in [9.17, 15) is 18.0 Å². The number of hydrogen-bond acceptors (Lipinski definition) is 4. The van der Waals surface area contributed by atoms with Crippen LogP contribution < -0.4 is 15.4 Å². The number of anilines is 1. The van der Waals surface area contributed by atoms with Gasteiger partial charge in [-0.1, -0.05) is 25.1 Å². The fourth-order valence-corrected chi connectivity index (χ4v) is 4.84. The van der Waals surface area contributed by atoms with E-state index in [-0.39, 0.29) is 35.7 Å². The standard InChI is InChI=1S/C24H31N3O4S/c1-3-23(28)27-21-11-8-18(9-12-21)17(2)26-24(29)14-15-25-32(30,31)22-13-10-19-6-4-5-7-20(19)16-22/h8-13,16-17,25H,3-7,14-15H2,1-2H3,(H,26,29)(H,27,28). The Kier molecular flexibility index (Phi) is 8.04. The predicted octanol–water partition coefficient (Wildman–Crippen LogP) is 3.46. The second-order valence-electron chi connectivity index (χ2n) is 8.10. The molecule has 32 heavy (non-hydrogen) atoms. The molecular weight excluding hydrogens is 426 g/mol. The molecule has 0 saturated carbocycles. The molecule has 1 aliphatic carbocycles. The lowest BCUT2D eigenvalue weighted by Gasteiger charge is -2.17. The molecule has 3 rings (SSSR count). The van der Waals surface area contributed by atoms with Crippen molar-refractivity contribution in [3.63, 3.8) is 0 Å². The van der Waals surface area contributed by atoms with E-state index in [1.54, 1.807) is 31.2 Å². The molecule has 2 aromatic rings. The largest absolute Gasteiger partial charge is 0.350 e. The molecular formula is C24H31N3O4S. The number of carbonyl (C=O) groups excluding carboxylic acids is 2. The maximum atomic E-state index is 12.6. The first-order chi connectivity index (χ1) is 15.3. The van der Waals surface area contributed by atoms with Gasteiger partial charge in [-0.3, -0.25) is 9.59 Å². The Morgan fingerprint density at radius 2 is 1.66 bits per heavy atom. The second kappa shape index (κ2) is 10.7. The minimum Gasteiger partial charge on any atom is -0.350 e. The number of nitrogens with one attached hydrogen (secondary N) is 3. The van der Waals surface area contributed by atoms with Crippen LogP contribution in [0.25, 0.3) is 0 Å². The lowest BCUT2D eigenvalue weighted by Crippen LogP contribution is -2.32. The molecule has 0 aromatic heterocycles. The zero-order chi connectivity index (χ0) is 23.1. The summed E-state index contributed by atoms with van der Waals surface area (Å²) < 4.78 is 27.7. The number of sulfonamides is 1. The Hall–Kier alpha value is -2.71. The van der Waals surface area contributed by atoms with Crippen molar-refractivity contribution in [1.29, 1.82) is 0 Å². The molecule has 1 atom stereocenters. The Labute approximate surface area is 190 Å². The van der Waals surface area contributed by atoms with Crippen molar-refractivity contribution < 1.29 is 18.0 Å². The maximum absolute atomic E-state index is 12.6. The molecule has 0 heterocycles. The molecule has 0 saturated heterocycles. The lowest BCUT2D eigenvalue weighted by atomic mass is 9.92. The van der Waals surface area contributed by atoms with E-state index in [1.165, 1.54) is 5.56 Å². The molecule has 0 aliphatic heterocycles. The van der Waals surface area contributed by atoms with Crippen LogP contribution in [-0.2, 0) is 32.5 Å². The highest BCUT2D eigenvalue weighted by molar-refractivity contribution is 7.89. The number of carbonyl (C=O) groups is 2. The van der Waals surface area contributed by atoms with Crippen LogP contribution in [0.15, 0.2) is 47.4 Å². The fraction of sp³-hybridized carbons (Fsp3) is 0.417. The van der Waals surface area contributed by atoms with E-state index in [0.29, 0.717) is 12.1 Å². The highest BCUT2D eigenvalue weighted by atomic mass is 32.2. The van der Waals surface area contributed by atoms with E-state index in [2.05, 4.69) is 15.4 Å². The molecule has 2 aromatic carbocycles. The molecule has 0 fully saturated rings. The van der Waals surface area contributed by atoms with Gasteiger partial charge in [0.1, 0.15) is 0 Å².